The monoisotopic (exact) mass is 274 g/mol. The Labute approximate surface area is 114 Å². The van der Waals surface area contributed by atoms with Crippen LogP contribution in [-0.4, -0.2) is 24.3 Å². The molecule has 2 aromatic carbocycles. The number of rotatable bonds is 2. The Balaban J connectivity index is 2.13. The van der Waals surface area contributed by atoms with Gasteiger partial charge >= 0.3 is 5.97 Å². The van der Waals surface area contributed by atoms with Gasteiger partial charge in [0, 0.05) is 0 Å². The number of carbonyl (C=O) groups is 1. The number of halogens is 1. The first-order chi connectivity index (χ1) is 9.65. The van der Waals surface area contributed by atoms with Crippen molar-refractivity contribution >= 4 is 5.97 Å². The van der Waals surface area contributed by atoms with Crippen molar-refractivity contribution in [3.63, 3.8) is 0 Å². The molecule has 0 atom stereocenters. The lowest BCUT2D eigenvalue weighted by Gasteiger charge is -2.19. The van der Waals surface area contributed by atoms with Crippen LogP contribution in [0.5, 0.6) is 11.5 Å². The molecular formula is C15H11FO4. The minimum Gasteiger partial charge on any atom is -0.486 e. The molecule has 1 aliphatic rings. The predicted octanol–water partition coefficient (Wildman–Crippen LogP) is 2.96. The van der Waals surface area contributed by atoms with Gasteiger partial charge in [0.2, 0.25) is 0 Å². The molecule has 1 N–H and O–H groups in total. The van der Waals surface area contributed by atoms with Gasteiger partial charge in [-0.1, -0.05) is 6.07 Å². The van der Waals surface area contributed by atoms with Crippen molar-refractivity contribution in [2.45, 2.75) is 0 Å². The van der Waals surface area contributed by atoms with Gasteiger partial charge < -0.3 is 14.6 Å². The Morgan fingerprint density at radius 1 is 1.05 bits per heavy atom. The van der Waals surface area contributed by atoms with E-state index in [-0.39, 0.29) is 5.56 Å². The van der Waals surface area contributed by atoms with Crippen LogP contribution in [-0.2, 0) is 0 Å². The number of ether oxygens (including phenoxy) is 2. The molecule has 1 aliphatic heterocycles. The molecule has 1 heterocycles. The summed E-state index contributed by atoms with van der Waals surface area (Å²) in [6.45, 7) is 0.915. The second-order valence-electron chi connectivity index (χ2n) is 4.35. The molecule has 0 fully saturated rings. The van der Waals surface area contributed by atoms with Gasteiger partial charge in [0.15, 0.2) is 11.5 Å². The fourth-order valence-electron chi connectivity index (χ4n) is 2.15. The highest BCUT2D eigenvalue weighted by Gasteiger charge is 2.16. The highest BCUT2D eigenvalue weighted by molar-refractivity contribution is 5.96. The number of benzene rings is 2. The summed E-state index contributed by atoms with van der Waals surface area (Å²) in [6, 6.07) is 8.63. The molecule has 0 unspecified atom stereocenters. The SMILES string of the molecule is O=C(O)c1ccc(F)cc1-c1ccc2c(c1)OCCO2. The molecule has 0 bridgehead atoms. The Hall–Kier alpha value is -2.56. The number of carboxylic acids is 1. The molecule has 102 valence electrons. The molecule has 0 radical (unpaired) electrons. The maximum atomic E-state index is 13.4. The van der Waals surface area contributed by atoms with Crippen LogP contribution in [0.1, 0.15) is 10.4 Å². The number of carboxylic acid groups (broad SMARTS) is 1. The molecule has 0 amide bonds. The summed E-state index contributed by atoms with van der Waals surface area (Å²) in [6.07, 6.45) is 0. The van der Waals surface area contributed by atoms with E-state index in [2.05, 4.69) is 0 Å². The third kappa shape index (κ3) is 2.18. The lowest BCUT2D eigenvalue weighted by Crippen LogP contribution is -2.15. The topological polar surface area (TPSA) is 55.8 Å². The van der Waals surface area contributed by atoms with Crippen LogP contribution in [0.3, 0.4) is 0 Å². The van der Waals surface area contributed by atoms with Gasteiger partial charge in [-0.05, 0) is 41.5 Å². The van der Waals surface area contributed by atoms with E-state index >= 15 is 0 Å². The molecular weight excluding hydrogens is 263 g/mol. The average Bonchev–Trinajstić information content (AvgIpc) is 2.46. The van der Waals surface area contributed by atoms with Crippen LogP contribution in [0.15, 0.2) is 36.4 Å². The Morgan fingerprint density at radius 3 is 2.55 bits per heavy atom. The number of hydrogen-bond acceptors (Lipinski definition) is 3. The van der Waals surface area contributed by atoms with E-state index in [4.69, 9.17) is 9.47 Å². The zero-order valence-electron chi connectivity index (χ0n) is 10.4. The number of fused-ring (bicyclic) bond motifs is 1. The lowest BCUT2D eigenvalue weighted by atomic mass is 9.99. The molecule has 0 spiro atoms. The van der Waals surface area contributed by atoms with Crippen LogP contribution >= 0.6 is 0 Å². The molecule has 20 heavy (non-hydrogen) atoms. The van der Waals surface area contributed by atoms with Gasteiger partial charge in [-0.25, -0.2) is 9.18 Å². The normalized spacial score (nSPS) is 13.1. The maximum absolute atomic E-state index is 13.4. The quantitative estimate of drug-likeness (QED) is 0.914. The van der Waals surface area contributed by atoms with Crippen LogP contribution < -0.4 is 9.47 Å². The largest absolute Gasteiger partial charge is 0.486 e. The van der Waals surface area contributed by atoms with Gasteiger partial charge in [0.25, 0.3) is 0 Å². The van der Waals surface area contributed by atoms with E-state index in [0.717, 1.165) is 6.07 Å². The molecule has 0 saturated heterocycles. The summed E-state index contributed by atoms with van der Waals surface area (Å²) >= 11 is 0. The summed E-state index contributed by atoms with van der Waals surface area (Å²) in [7, 11) is 0. The van der Waals surface area contributed by atoms with E-state index in [0.29, 0.717) is 35.8 Å². The third-order valence-electron chi connectivity index (χ3n) is 3.07. The summed E-state index contributed by atoms with van der Waals surface area (Å²) in [4.78, 5) is 11.2. The van der Waals surface area contributed by atoms with E-state index in [1.54, 1.807) is 18.2 Å². The summed E-state index contributed by atoms with van der Waals surface area (Å²) in [5.41, 5.74) is 0.934. The van der Waals surface area contributed by atoms with Crippen molar-refractivity contribution < 1.29 is 23.8 Å². The highest BCUT2D eigenvalue weighted by Crippen LogP contribution is 2.35. The maximum Gasteiger partial charge on any atom is 0.336 e. The van der Waals surface area contributed by atoms with E-state index in [1.165, 1.54) is 12.1 Å². The minimum atomic E-state index is -1.10. The summed E-state index contributed by atoms with van der Waals surface area (Å²) in [5, 5.41) is 9.18. The smallest absolute Gasteiger partial charge is 0.336 e. The van der Waals surface area contributed by atoms with Gasteiger partial charge in [-0.3, -0.25) is 0 Å². The van der Waals surface area contributed by atoms with Gasteiger partial charge in [-0.15, -0.1) is 0 Å². The molecule has 0 aromatic heterocycles. The van der Waals surface area contributed by atoms with E-state index in [9.17, 15) is 14.3 Å². The second kappa shape index (κ2) is 4.85. The summed E-state index contributed by atoms with van der Waals surface area (Å²) in [5.74, 6) is -0.447. The minimum absolute atomic E-state index is 0.0445. The van der Waals surface area contributed by atoms with Crippen molar-refractivity contribution in [1.29, 1.82) is 0 Å². The molecule has 0 saturated carbocycles. The predicted molar refractivity (Wildman–Crippen MR) is 69.8 cm³/mol. The molecule has 4 nitrogen and oxygen atoms in total. The van der Waals surface area contributed by atoms with Crippen molar-refractivity contribution in [2.75, 3.05) is 13.2 Å². The second-order valence-corrected chi connectivity index (χ2v) is 4.35. The molecule has 2 aromatic rings. The standard InChI is InChI=1S/C15H11FO4/c16-10-2-3-11(15(17)18)12(8-10)9-1-4-13-14(7-9)20-6-5-19-13/h1-4,7-8H,5-6H2,(H,17,18). The van der Waals surface area contributed by atoms with E-state index in [1.807, 2.05) is 0 Å². The van der Waals surface area contributed by atoms with Crippen molar-refractivity contribution in [2.24, 2.45) is 0 Å². The number of aromatic carboxylic acids is 1. The van der Waals surface area contributed by atoms with Gasteiger partial charge in [0.1, 0.15) is 19.0 Å². The highest BCUT2D eigenvalue weighted by atomic mass is 19.1. The fourth-order valence-corrected chi connectivity index (χ4v) is 2.15. The van der Waals surface area contributed by atoms with Crippen LogP contribution in [0.25, 0.3) is 11.1 Å². The van der Waals surface area contributed by atoms with E-state index < -0.39 is 11.8 Å². The van der Waals surface area contributed by atoms with Crippen molar-refractivity contribution in [3.8, 4) is 22.6 Å². The average molecular weight is 274 g/mol. The first-order valence-electron chi connectivity index (χ1n) is 6.08. The van der Waals surface area contributed by atoms with Crippen LogP contribution in [0.2, 0.25) is 0 Å². The zero-order chi connectivity index (χ0) is 14.1. The molecule has 5 heteroatoms. The number of hydrogen-bond donors (Lipinski definition) is 1. The van der Waals surface area contributed by atoms with Crippen LogP contribution in [0, 0.1) is 5.82 Å². The summed E-state index contributed by atoms with van der Waals surface area (Å²) < 4.78 is 24.2. The lowest BCUT2D eigenvalue weighted by molar-refractivity contribution is 0.0697. The third-order valence-corrected chi connectivity index (χ3v) is 3.07. The first kappa shape index (κ1) is 12.5. The Kier molecular flexibility index (Phi) is 3.02. The molecule has 3 rings (SSSR count). The Bertz CT molecular complexity index is 682. The molecule has 0 aliphatic carbocycles. The van der Waals surface area contributed by atoms with Crippen molar-refractivity contribution in [3.05, 3.63) is 47.8 Å². The van der Waals surface area contributed by atoms with Crippen molar-refractivity contribution in [1.82, 2.24) is 0 Å². The Morgan fingerprint density at radius 2 is 1.80 bits per heavy atom. The van der Waals surface area contributed by atoms with Gasteiger partial charge in [-0.2, -0.15) is 0 Å². The fraction of sp³-hybridized carbons (Fsp3) is 0.133. The first-order valence-corrected chi connectivity index (χ1v) is 6.08. The van der Waals surface area contributed by atoms with Gasteiger partial charge in [0.05, 0.1) is 5.56 Å². The van der Waals surface area contributed by atoms with Crippen LogP contribution in [0.4, 0.5) is 4.39 Å². The zero-order valence-corrected chi connectivity index (χ0v) is 10.4.